The molecule has 2 rings (SSSR count). The van der Waals surface area contributed by atoms with E-state index in [0.29, 0.717) is 16.2 Å². The molecule has 2 aromatic rings. The van der Waals surface area contributed by atoms with Crippen molar-refractivity contribution in [3.8, 4) is 5.69 Å². The second-order valence-corrected chi connectivity index (χ2v) is 3.99. The Morgan fingerprint density at radius 3 is 2.71 bits per heavy atom. The molecule has 14 heavy (non-hydrogen) atoms. The van der Waals surface area contributed by atoms with Crippen LogP contribution in [0.3, 0.4) is 0 Å². The van der Waals surface area contributed by atoms with E-state index in [1.807, 2.05) is 30.3 Å². The third kappa shape index (κ3) is 1.89. The molecule has 0 atom stereocenters. The van der Waals surface area contributed by atoms with Crippen LogP contribution in [0, 0.1) is 0 Å². The highest BCUT2D eigenvalue weighted by Crippen LogP contribution is 2.26. The van der Waals surface area contributed by atoms with Crippen LogP contribution in [0.1, 0.15) is 0 Å². The van der Waals surface area contributed by atoms with E-state index in [-0.39, 0.29) is 0 Å². The summed E-state index contributed by atoms with van der Waals surface area (Å²) in [5, 5.41) is 11.7. The van der Waals surface area contributed by atoms with Gasteiger partial charge in [-0.2, -0.15) is 4.68 Å². The van der Waals surface area contributed by atoms with Crippen LogP contribution in [0.15, 0.2) is 35.5 Å². The lowest BCUT2D eigenvalue weighted by atomic mass is 10.3. The van der Waals surface area contributed by atoms with Gasteiger partial charge >= 0.3 is 0 Å². The fraction of sp³-hybridized carbons (Fsp3) is 0. The molecule has 0 aliphatic rings. The van der Waals surface area contributed by atoms with Gasteiger partial charge in [-0.25, -0.2) is 0 Å². The first-order valence-electron chi connectivity index (χ1n) is 3.73. The number of aromatic nitrogens is 4. The summed E-state index contributed by atoms with van der Waals surface area (Å²) in [6, 6.07) is 9.50. The van der Waals surface area contributed by atoms with E-state index in [9.17, 15) is 0 Å². The lowest BCUT2D eigenvalue weighted by molar-refractivity contribution is 0.675. The van der Waals surface area contributed by atoms with Crippen molar-refractivity contribution in [2.75, 3.05) is 0 Å². The van der Waals surface area contributed by atoms with Crippen molar-refractivity contribution in [2.45, 2.75) is 5.16 Å². The van der Waals surface area contributed by atoms with Gasteiger partial charge in [0.1, 0.15) is 0 Å². The lowest BCUT2D eigenvalue weighted by Gasteiger charge is -2.00. The molecule has 0 fully saturated rings. The van der Waals surface area contributed by atoms with Crippen molar-refractivity contribution in [1.82, 2.24) is 20.2 Å². The Hall–Kier alpha value is -1.05. The molecule has 0 spiro atoms. The zero-order chi connectivity index (χ0) is 9.80. The van der Waals surface area contributed by atoms with Crippen molar-refractivity contribution in [3.63, 3.8) is 0 Å². The second kappa shape index (κ2) is 4.45. The summed E-state index contributed by atoms with van der Waals surface area (Å²) < 4.78 is 10.2. The molecule has 0 bridgehead atoms. The monoisotopic (exact) mass is 226 g/mol. The molecule has 0 amide bonds. The van der Waals surface area contributed by atoms with Crippen molar-refractivity contribution < 1.29 is 4.55 Å². The average Bonchev–Trinajstić information content (AvgIpc) is 2.68. The van der Waals surface area contributed by atoms with Crippen LogP contribution >= 0.6 is 21.9 Å². The van der Waals surface area contributed by atoms with Crippen LogP contribution in [0.25, 0.3) is 5.69 Å². The molecule has 0 aliphatic heterocycles. The van der Waals surface area contributed by atoms with Gasteiger partial charge < -0.3 is 4.55 Å². The molecule has 0 saturated carbocycles. The van der Waals surface area contributed by atoms with Crippen molar-refractivity contribution >= 4 is 21.9 Å². The number of benzene rings is 1. The van der Waals surface area contributed by atoms with Gasteiger partial charge in [-0.3, -0.25) is 0 Å². The largest absolute Gasteiger partial charge is 0.320 e. The fourth-order valence-corrected chi connectivity index (χ4v) is 1.86. The summed E-state index contributed by atoms with van der Waals surface area (Å²) in [4.78, 5) is 0. The molecule has 0 saturated heterocycles. The molecule has 72 valence electrons. The molecule has 1 aromatic heterocycles. The summed E-state index contributed by atoms with van der Waals surface area (Å²) in [5.41, 5.74) is 0.869. The Balaban J connectivity index is 2.37. The van der Waals surface area contributed by atoms with E-state index < -0.39 is 0 Å². The minimum atomic E-state index is 0.545. The van der Waals surface area contributed by atoms with Gasteiger partial charge in [0.15, 0.2) is 0 Å². The highest BCUT2D eigenvalue weighted by Gasteiger charge is 2.07. The first-order chi connectivity index (χ1) is 6.92. The standard InChI is InChI=1S/C7H6N4OS2/c12-14-13-7-8-9-10-11(7)6-4-2-1-3-5-6/h1-5,12H. The van der Waals surface area contributed by atoms with Gasteiger partial charge in [0.05, 0.1) is 16.8 Å². The van der Waals surface area contributed by atoms with Crippen LogP contribution in [0.2, 0.25) is 0 Å². The molecule has 1 N–H and O–H groups in total. The third-order valence-electron chi connectivity index (χ3n) is 1.55. The first kappa shape index (κ1) is 9.50. The predicted molar refractivity (Wildman–Crippen MR) is 55.2 cm³/mol. The molecular formula is C7H6N4OS2. The highest BCUT2D eigenvalue weighted by molar-refractivity contribution is 8.74. The number of nitrogens with zero attached hydrogens (tertiary/aromatic N) is 4. The third-order valence-corrected chi connectivity index (χ3v) is 2.70. The van der Waals surface area contributed by atoms with Crippen molar-refractivity contribution in [1.29, 1.82) is 0 Å². The fourth-order valence-electron chi connectivity index (χ4n) is 0.995. The maximum atomic E-state index is 8.68. The molecule has 7 heteroatoms. The summed E-state index contributed by atoms with van der Waals surface area (Å²) in [6.07, 6.45) is 0. The molecule has 0 unspecified atom stereocenters. The molecule has 1 heterocycles. The SMILES string of the molecule is OSSc1nnnn1-c1ccccc1. The maximum absolute atomic E-state index is 8.68. The van der Waals surface area contributed by atoms with Gasteiger partial charge in [0.2, 0.25) is 5.16 Å². The minimum Gasteiger partial charge on any atom is -0.320 e. The quantitative estimate of drug-likeness (QED) is 0.636. The number of hydrogen-bond acceptors (Lipinski definition) is 6. The van der Waals surface area contributed by atoms with Gasteiger partial charge in [-0.1, -0.05) is 18.2 Å². The Morgan fingerprint density at radius 2 is 2.00 bits per heavy atom. The number of tetrazole rings is 1. The average molecular weight is 226 g/mol. The van der Waals surface area contributed by atoms with Gasteiger partial charge in [0, 0.05) is 10.8 Å². The summed E-state index contributed by atoms with van der Waals surface area (Å²) in [6.45, 7) is 0. The van der Waals surface area contributed by atoms with Crippen molar-refractivity contribution in [3.05, 3.63) is 30.3 Å². The second-order valence-electron chi connectivity index (χ2n) is 2.37. The van der Waals surface area contributed by atoms with Crippen molar-refractivity contribution in [2.24, 2.45) is 0 Å². The summed E-state index contributed by atoms with van der Waals surface area (Å²) in [7, 11) is 1.10. The molecular weight excluding hydrogens is 220 g/mol. The highest BCUT2D eigenvalue weighted by atomic mass is 33.1. The van der Waals surface area contributed by atoms with E-state index in [1.54, 1.807) is 4.68 Å². The molecule has 1 aromatic carbocycles. The summed E-state index contributed by atoms with van der Waals surface area (Å²) in [5.74, 6) is 0. The van der Waals surface area contributed by atoms with Crippen LogP contribution < -0.4 is 0 Å². The predicted octanol–water partition coefficient (Wildman–Crippen LogP) is 1.88. The van der Waals surface area contributed by atoms with E-state index >= 15 is 0 Å². The minimum absolute atomic E-state index is 0.545. The lowest BCUT2D eigenvalue weighted by Crippen LogP contribution is -1.97. The zero-order valence-corrected chi connectivity index (χ0v) is 8.57. The maximum Gasteiger partial charge on any atom is 0.226 e. The number of rotatable bonds is 3. The van der Waals surface area contributed by atoms with Crippen LogP contribution in [-0.2, 0) is 0 Å². The van der Waals surface area contributed by atoms with E-state index in [4.69, 9.17) is 4.55 Å². The molecule has 0 radical (unpaired) electrons. The van der Waals surface area contributed by atoms with Crippen LogP contribution in [0.4, 0.5) is 0 Å². The topological polar surface area (TPSA) is 63.8 Å². The summed E-state index contributed by atoms with van der Waals surface area (Å²) >= 11 is 0.622. The molecule has 5 nitrogen and oxygen atoms in total. The Bertz CT molecular complexity index is 405. The number of para-hydroxylation sites is 1. The number of hydrogen-bond donors (Lipinski definition) is 1. The normalized spacial score (nSPS) is 10.4. The zero-order valence-electron chi connectivity index (χ0n) is 6.94. The van der Waals surface area contributed by atoms with E-state index in [1.165, 1.54) is 0 Å². The Morgan fingerprint density at radius 1 is 1.21 bits per heavy atom. The Labute approximate surface area is 88.1 Å². The van der Waals surface area contributed by atoms with Gasteiger partial charge in [-0.05, 0) is 22.6 Å². The van der Waals surface area contributed by atoms with E-state index in [2.05, 4.69) is 15.5 Å². The van der Waals surface area contributed by atoms with Crippen LogP contribution in [-0.4, -0.2) is 24.8 Å². The van der Waals surface area contributed by atoms with Crippen LogP contribution in [0.5, 0.6) is 0 Å². The van der Waals surface area contributed by atoms with E-state index in [0.717, 1.165) is 16.5 Å². The first-order valence-corrected chi connectivity index (χ1v) is 5.84. The smallest absolute Gasteiger partial charge is 0.226 e. The van der Waals surface area contributed by atoms with Gasteiger partial charge in [-0.15, -0.1) is 5.10 Å². The Kier molecular flexibility index (Phi) is 3.02. The van der Waals surface area contributed by atoms with Gasteiger partial charge in [0.25, 0.3) is 0 Å². The molecule has 0 aliphatic carbocycles.